The largest absolute Gasteiger partial charge is 0.562 e. The van der Waals surface area contributed by atoms with Crippen LogP contribution in [0.4, 0.5) is 22.1 Å². The minimum absolute atomic E-state index is 1.00. The van der Waals surface area contributed by atoms with E-state index in [0.29, 0.717) is 0 Å². The van der Waals surface area contributed by atoms with Crippen LogP contribution < -0.4 is 0 Å². The van der Waals surface area contributed by atoms with E-state index in [1.807, 2.05) is 0 Å². The van der Waals surface area contributed by atoms with Gasteiger partial charge in [0.25, 0.3) is 0 Å². The Bertz CT molecular complexity index is 184. The lowest BCUT2D eigenvalue weighted by molar-refractivity contribution is 0.0709. The van der Waals surface area contributed by atoms with E-state index >= 15 is 0 Å². The van der Waals surface area contributed by atoms with Gasteiger partial charge >= 0.3 is 21.1 Å². The van der Waals surface area contributed by atoms with Gasteiger partial charge in [0.1, 0.15) is 0 Å². The standard InChI is InChI=1S/CHB3F5N3/c1-2-10(7)3(5)12(9)4(6)11(2)8/h1H. The van der Waals surface area contributed by atoms with Crippen molar-refractivity contribution in [2.45, 2.75) is 0 Å². The van der Waals surface area contributed by atoms with Gasteiger partial charge in [-0.05, 0) is 6.47 Å². The summed E-state index contributed by atoms with van der Waals surface area (Å²) in [5, 5.41) is 0. The molecule has 0 radical (unpaired) electrons. The molecule has 0 amide bonds. The van der Waals surface area contributed by atoms with Crippen molar-refractivity contribution >= 4 is 27.6 Å². The van der Waals surface area contributed by atoms with Gasteiger partial charge in [-0.2, -0.15) is 13.4 Å². The van der Waals surface area contributed by atoms with Crippen LogP contribution in [0.3, 0.4) is 0 Å². The van der Waals surface area contributed by atoms with E-state index in [9.17, 15) is 22.1 Å². The summed E-state index contributed by atoms with van der Waals surface area (Å²) < 4.78 is 61.1. The van der Waals surface area contributed by atoms with E-state index in [0.717, 1.165) is 0 Å². The van der Waals surface area contributed by atoms with E-state index in [1.165, 1.54) is 0 Å². The first-order valence-corrected chi connectivity index (χ1v) is 2.83. The summed E-state index contributed by atoms with van der Waals surface area (Å²) in [4.78, 5) is -3.30. The first-order chi connectivity index (χ1) is 5.46. The quantitative estimate of drug-likeness (QED) is 0.223. The van der Waals surface area contributed by atoms with Crippen molar-refractivity contribution in [1.82, 2.24) is 14.8 Å². The van der Waals surface area contributed by atoms with Crippen LogP contribution in [0.2, 0.25) is 0 Å². The molecule has 1 saturated heterocycles. The minimum atomic E-state index is -3.04. The van der Waals surface area contributed by atoms with Gasteiger partial charge in [0.05, 0.1) is 0 Å². The second-order valence-corrected chi connectivity index (χ2v) is 2.07. The summed E-state index contributed by atoms with van der Waals surface area (Å²) in [7, 11) is -6.08. The highest BCUT2D eigenvalue weighted by Crippen LogP contribution is 2.18. The van der Waals surface area contributed by atoms with Gasteiger partial charge in [0.2, 0.25) is 0 Å². The molecule has 0 spiro atoms. The van der Waals surface area contributed by atoms with Gasteiger partial charge < -0.3 is 9.89 Å². The summed E-state index contributed by atoms with van der Waals surface area (Å²) in [5.74, 6) is 0. The van der Waals surface area contributed by atoms with Crippen molar-refractivity contribution in [2.75, 3.05) is 0 Å². The van der Waals surface area contributed by atoms with Gasteiger partial charge in [-0.15, -0.1) is 4.94 Å². The molecule has 0 aliphatic carbocycles. The molecule has 1 fully saturated rings. The fraction of sp³-hybridized carbons (Fsp3) is 0. The van der Waals surface area contributed by atoms with Gasteiger partial charge in [-0.3, -0.25) is 8.63 Å². The second-order valence-electron chi connectivity index (χ2n) is 2.07. The van der Waals surface area contributed by atoms with Crippen molar-refractivity contribution in [3.05, 3.63) is 0 Å². The summed E-state index contributed by atoms with van der Waals surface area (Å²) >= 11 is 0. The van der Waals surface area contributed by atoms with Crippen LogP contribution in [0.15, 0.2) is 0 Å². The number of hydrogen-bond donors (Lipinski definition) is 0. The number of hydrogen-bond acceptors (Lipinski definition) is 3. The molecule has 0 saturated carbocycles. The maximum Gasteiger partial charge on any atom is 0.562 e. The molecular formula is CHB3F5N3. The molecular weight excluding hydrogens is 181 g/mol. The lowest BCUT2D eigenvalue weighted by Crippen LogP contribution is -2.66. The zero-order valence-electron chi connectivity index (χ0n) is 5.54. The van der Waals surface area contributed by atoms with Crippen LogP contribution in [0.1, 0.15) is 0 Å². The predicted octanol–water partition coefficient (Wildman–Crippen LogP) is -0.153. The zero-order valence-corrected chi connectivity index (χ0v) is 5.54. The van der Waals surface area contributed by atoms with E-state index in [2.05, 4.69) is 6.47 Å². The Hall–Kier alpha value is -0.815. The Kier molecular flexibility index (Phi) is 2.25. The second kappa shape index (κ2) is 2.91. The topological polar surface area (TPSA) is 9.72 Å². The molecule has 11 heteroatoms. The molecule has 64 valence electrons. The fourth-order valence-electron chi connectivity index (χ4n) is 0.670. The number of halogens is 5. The van der Waals surface area contributed by atoms with Gasteiger partial charge in [0.15, 0.2) is 0 Å². The van der Waals surface area contributed by atoms with Crippen molar-refractivity contribution in [1.29, 1.82) is 0 Å². The third-order valence-electron chi connectivity index (χ3n) is 1.32. The average Bonchev–Trinajstić information content (AvgIpc) is 2.08. The van der Waals surface area contributed by atoms with E-state index in [1.54, 1.807) is 0 Å². The van der Waals surface area contributed by atoms with E-state index < -0.39 is 36.0 Å². The molecule has 1 rings (SSSR count). The molecule has 0 N–H and O–H groups in total. The smallest absolute Gasteiger partial charge is 0.354 e. The van der Waals surface area contributed by atoms with Crippen molar-refractivity contribution < 1.29 is 22.1 Å². The molecule has 0 unspecified atom stereocenters. The van der Waals surface area contributed by atoms with Crippen molar-refractivity contribution in [3.8, 4) is 0 Å². The summed E-state index contributed by atoms with van der Waals surface area (Å²) in [6.07, 6.45) is 0. The normalized spacial score (nSPS) is 20.8. The van der Waals surface area contributed by atoms with E-state index in [-0.39, 0.29) is 0 Å². The molecule has 1 heterocycles. The van der Waals surface area contributed by atoms with Crippen LogP contribution in [0.5, 0.6) is 0 Å². The molecule has 0 bridgehead atoms. The van der Waals surface area contributed by atoms with Crippen LogP contribution >= 0.6 is 0 Å². The first kappa shape index (κ1) is 9.27. The molecule has 0 aromatic carbocycles. The molecule has 12 heavy (non-hydrogen) atoms. The summed E-state index contributed by atoms with van der Waals surface area (Å²) in [6.45, 7) is 2.30. The molecule has 0 aromatic rings. The first-order valence-electron chi connectivity index (χ1n) is 2.83. The molecule has 3 nitrogen and oxygen atoms in total. The lowest BCUT2D eigenvalue weighted by Gasteiger charge is -2.35. The summed E-state index contributed by atoms with van der Waals surface area (Å²) in [5.41, 5.74) is 0. The highest BCUT2D eigenvalue weighted by molar-refractivity contribution is 6.81. The fourth-order valence-corrected chi connectivity index (χ4v) is 0.670. The number of rotatable bonds is 0. The molecule has 1 aliphatic rings. The Morgan fingerprint density at radius 1 is 1.00 bits per heavy atom. The van der Waals surface area contributed by atoms with E-state index in [4.69, 9.17) is 0 Å². The summed E-state index contributed by atoms with van der Waals surface area (Å²) in [6, 6.07) is 0. The van der Waals surface area contributed by atoms with Crippen LogP contribution in [0, 0.1) is 0 Å². The zero-order chi connectivity index (χ0) is 9.46. The highest BCUT2D eigenvalue weighted by Gasteiger charge is 2.51. The maximum absolute atomic E-state index is 12.2. The lowest BCUT2D eigenvalue weighted by atomic mass is 9.71. The van der Waals surface area contributed by atoms with Crippen molar-refractivity contribution in [3.63, 3.8) is 0 Å². The highest BCUT2D eigenvalue weighted by atomic mass is 19.2. The Labute approximate surface area is 65.6 Å². The monoisotopic (exact) mass is 183 g/mol. The number of nitrogens with zero attached hydrogens (tertiary/aromatic N) is 3. The minimum Gasteiger partial charge on any atom is -0.354 e. The predicted molar refractivity (Wildman–Crippen MR) is 34.4 cm³/mol. The average molecular weight is 182 g/mol. The van der Waals surface area contributed by atoms with Gasteiger partial charge in [0, 0.05) is 0 Å². The Morgan fingerprint density at radius 3 is 1.67 bits per heavy atom. The SMILES string of the molecule is [CH+]=[B-]1N(F)B(F)N(F)B(F)N1F. The molecule has 0 aromatic heterocycles. The third kappa shape index (κ3) is 1.14. The van der Waals surface area contributed by atoms with Gasteiger partial charge in [-0.25, -0.2) is 0 Å². The maximum atomic E-state index is 12.2. The third-order valence-corrected chi connectivity index (χ3v) is 1.32. The van der Waals surface area contributed by atoms with Gasteiger partial charge in [-0.1, -0.05) is 0 Å². The van der Waals surface area contributed by atoms with Crippen molar-refractivity contribution in [2.24, 2.45) is 0 Å². The molecule has 1 aliphatic heterocycles. The Morgan fingerprint density at radius 2 is 1.33 bits per heavy atom. The molecule has 0 atom stereocenters. The Balaban J connectivity index is 2.83. The van der Waals surface area contributed by atoms with Crippen LogP contribution in [0.25, 0.3) is 0 Å². The van der Waals surface area contributed by atoms with Crippen LogP contribution in [-0.4, -0.2) is 42.4 Å². The van der Waals surface area contributed by atoms with Crippen LogP contribution in [-0.2, 0) is 0 Å².